The van der Waals surface area contributed by atoms with Crippen molar-refractivity contribution in [1.82, 2.24) is 10.0 Å². The number of carbonyl (C=O) groups excluding carboxylic acids is 1. The summed E-state index contributed by atoms with van der Waals surface area (Å²) in [5.74, 6) is -0.864. The Hall–Kier alpha value is -3.48. The Kier molecular flexibility index (Phi) is 5.82. The van der Waals surface area contributed by atoms with Gasteiger partial charge in [-0.15, -0.1) is 0 Å². The molecule has 0 aliphatic rings. The van der Waals surface area contributed by atoms with Crippen molar-refractivity contribution >= 4 is 27.7 Å². The largest absolute Gasteiger partial charge is 0.396 e. The summed E-state index contributed by atoms with van der Waals surface area (Å²) in [7, 11) is 0. The minimum absolute atomic E-state index is 0.0741. The molecule has 1 aromatic heterocycles. The van der Waals surface area contributed by atoms with Crippen molar-refractivity contribution in [3.8, 4) is 0 Å². The number of para-hydroxylation sites is 1. The van der Waals surface area contributed by atoms with Crippen LogP contribution in [0.2, 0.25) is 0 Å². The molecule has 1 atom stereocenters. The lowest BCUT2D eigenvalue weighted by atomic mass is 9.79. The summed E-state index contributed by atoms with van der Waals surface area (Å²) in [6.07, 6.45) is 0.387. The molecule has 0 aliphatic heterocycles. The predicted octanol–water partition coefficient (Wildman–Crippen LogP) is 4.46. The van der Waals surface area contributed by atoms with E-state index in [0.717, 1.165) is 10.6 Å². The number of hydrogen-bond acceptors (Lipinski definition) is 4. The fraction of sp³-hybridized carbons (Fsp3) is 0.231. The number of carbonyl (C=O) groups is 1. The standard InChI is InChI=1S/C26H26N2O4/c1-26(2,21(14-15-29)17-8-4-3-5-9-17)28(32)25(31)18-12-13-20-23(16-18)27-22-11-7-6-10-19(22)24(20)30/h3-13,16,21,29,32H,14-15H2,1-2H3,(H,27,30). The molecule has 0 saturated heterocycles. The molecule has 3 aromatic carbocycles. The summed E-state index contributed by atoms with van der Waals surface area (Å²) >= 11 is 0. The van der Waals surface area contributed by atoms with Crippen LogP contribution in [0, 0.1) is 0 Å². The first-order valence-electron chi connectivity index (χ1n) is 10.6. The van der Waals surface area contributed by atoms with Gasteiger partial charge in [0.2, 0.25) is 0 Å². The number of hydrogen-bond donors (Lipinski definition) is 3. The van der Waals surface area contributed by atoms with Crippen molar-refractivity contribution in [2.45, 2.75) is 31.7 Å². The van der Waals surface area contributed by atoms with Crippen molar-refractivity contribution in [1.29, 1.82) is 0 Å². The second kappa shape index (κ2) is 8.57. The normalized spacial score (nSPS) is 12.8. The SMILES string of the molecule is CC(C)(C(CCO)c1ccccc1)N(O)C(=O)c1ccc2c(=O)c3ccccc3[nH]c2c1. The highest BCUT2D eigenvalue weighted by molar-refractivity contribution is 5.99. The fourth-order valence-corrected chi connectivity index (χ4v) is 4.33. The van der Waals surface area contributed by atoms with E-state index in [1.807, 2.05) is 48.5 Å². The van der Waals surface area contributed by atoms with Crippen molar-refractivity contribution in [2.24, 2.45) is 0 Å². The zero-order valence-electron chi connectivity index (χ0n) is 18.1. The van der Waals surface area contributed by atoms with Gasteiger partial charge in [-0.05, 0) is 56.2 Å². The molecule has 32 heavy (non-hydrogen) atoms. The van der Waals surface area contributed by atoms with Crippen LogP contribution < -0.4 is 5.43 Å². The molecule has 6 heteroatoms. The number of fused-ring (bicyclic) bond motifs is 2. The Labute approximate surface area is 185 Å². The molecule has 6 nitrogen and oxygen atoms in total. The number of nitrogens with one attached hydrogen (secondary N) is 1. The Morgan fingerprint density at radius 2 is 1.62 bits per heavy atom. The molecule has 0 radical (unpaired) electrons. The molecule has 4 aromatic rings. The molecule has 4 rings (SSSR count). The number of benzene rings is 3. The first kappa shape index (κ1) is 21.7. The molecular weight excluding hydrogens is 404 g/mol. The van der Waals surface area contributed by atoms with Crippen molar-refractivity contribution < 1.29 is 15.1 Å². The minimum Gasteiger partial charge on any atom is -0.396 e. The van der Waals surface area contributed by atoms with Crippen LogP contribution in [0.4, 0.5) is 0 Å². The Morgan fingerprint density at radius 3 is 2.34 bits per heavy atom. The highest BCUT2D eigenvalue weighted by Gasteiger charge is 2.39. The van der Waals surface area contributed by atoms with Crippen molar-refractivity contribution in [2.75, 3.05) is 6.61 Å². The van der Waals surface area contributed by atoms with Gasteiger partial charge < -0.3 is 10.1 Å². The van der Waals surface area contributed by atoms with Crippen LogP contribution in [-0.4, -0.2) is 38.4 Å². The third kappa shape index (κ3) is 3.79. The molecule has 0 fully saturated rings. The summed E-state index contributed by atoms with van der Waals surface area (Å²) in [5, 5.41) is 22.4. The van der Waals surface area contributed by atoms with Crippen LogP contribution in [0.15, 0.2) is 77.6 Å². The van der Waals surface area contributed by atoms with Gasteiger partial charge in [-0.1, -0.05) is 42.5 Å². The Morgan fingerprint density at radius 1 is 0.969 bits per heavy atom. The van der Waals surface area contributed by atoms with Crippen LogP contribution >= 0.6 is 0 Å². The highest BCUT2D eigenvalue weighted by atomic mass is 16.5. The minimum atomic E-state index is -0.993. The fourth-order valence-electron chi connectivity index (χ4n) is 4.33. The van der Waals surface area contributed by atoms with E-state index in [2.05, 4.69) is 4.98 Å². The first-order chi connectivity index (χ1) is 15.3. The van der Waals surface area contributed by atoms with E-state index in [9.17, 15) is 19.9 Å². The number of aliphatic hydroxyl groups excluding tert-OH is 1. The molecule has 3 N–H and O–H groups in total. The van der Waals surface area contributed by atoms with Gasteiger partial charge in [0.1, 0.15) is 0 Å². The van der Waals surface area contributed by atoms with Crippen LogP contribution in [0.3, 0.4) is 0 Å². The summed E-state index contributed by atoms with van der Waals surface area (Å²) in [6.45, 7) is 3.47. The number of H-pyrrole nitrogens is 1. The number of amides is 1. The predicted molar refractivity (Wildman–Crippen MR) is 125 cm³/mol. The van der Waals surface area contributed by atoms with E-state index in [0.29, 0.717) is 28.2 Å². The van der Waals surface area contributed by atoms with Gasteiger partial charge in [0.25, 0.3) is 5.91 Å². The van der Waals surface area contributed by atoms with Crippen LogP contribution in [0.25, 0.3) is 21.8 Å². The molecular formula is C26H26N2O4. The smallest absolute Gasteiger partial charge is 0.277 e. The molecule has 0 saturated carbocycles. The zero-order chi connectivity index (χ0) is 22.9. The molecule has 0 spiro atoms. The average molecular weight is 431 g/mol. The zero-order valence-corrected chi connectivity index (χ0v) is 18.1. The summed E-state index contributed by atoms with van der Waals surface area (Å²) in [5.41, 5.74) is 1.29. The Bertz CT molecular complexity index is 1330. The second-order valence-electron chi connectivity index (χ2n) is 8.51. The van der Waals surface area contributed by atoms with Gasteiger partial charge >= 0.3 is 0 Å². The molecule has 0 bridgehead atoms. The summed E-state index contributed by atoms with van der Waals surface area (Å²) in [6, 6.07) is 21.5. The molecule has 0 aliphatic carbocycles. The average Bonchev–Trinajstić information content (AvgIpc) is 2.81. The maximum atomic E-state index is 13.2. The molecule has 1 heterocycles. The number of aromatic nitrogens is 1. The van der Waals surface area contributed by atoms with Gasteiger partial charge in [0.15, 0.2) is 5.43 Å². The lowest BCUT2D eigenvalue weighted by Crippen LogP contribution is -2.50. The van der Waals surface area contributed by atoms with Crippen LogP contribution in [0.1, 0.15) is 42.1 Å². The number of nitrogens with zero attached hydrogens (tertiary/aromatic N) is 1. The quantitative estimate of drug-likeness (QED) is 0.239. The van der Waals surface area contributed by atoms with Crippen LogP contribution in [0.5, 0.6) is 0 Å². The van der Waals surface area contributed by atoms with Gasteiger partial charge in [-0.25, -0.2) is 5.06 Å². The van der Waals surface area contributed by atoms with Crippen molar-refractivity contribution in [3.63, 3.8) is 0 Å². The van der Waals surface area contributed by atoms with Crippen LogP contribution in [-0.2, 0) is 0 Å². The third-order valence-corrected chi connectivity index (χ3v) is 6.16. The second-order valence-corrected chi connectivity index (χ2v) is 8.51. The lowest BCUT2D eigenvalue weighted by molar-refractivity contribution is -0.131. The van der Waals surface area contributed by atoms with Gasteiger partial charge in [0.05, 0.1) is 11.1 Å². The van der Waals surface area contributed by atoms with E-state index in [-0.39, 0.29) is 23.5 Å². The topological polar surface area (TPSA) is 93.6 Å². The van der Waals surface area contributed by atoms with E-state index in [1.54, 1.807) is 38.1 Å². The number of pyridine rings is 1. The third-order valence-electron chi connectivity index (χ3n) is 6.16. The first-order valence-corrected chi connectivity index (χ1v) is 10.6. The highest BCUT2D eigenvalue weighted by Crippen LogP contribution is 2.36. The molecule has 1 unspecified atom stereocenters. The van der Waals surface area contributed by atoms with Crippen molar-refractivity contribution in [3.05, 3.63) is 94.1 Å². The maximum Gasteiger partial charge on any atom is 0.277 e. The maximum absolute atomic E-state index is 13.2. The van der Waals surface area contributed by atoms with E-state index in [4.69, 9.17) is 0 Å². The van der Waals surface area contributed by atoms with Gasteiger partial charge in [-0.3, -0.25) is 14.8 Å². The number of aromatic amines is 1. The molecule has 1 amide bonds. The van der Waals surface area contributed by atoms with E-state index in [1.165, 1.54) is 0 Å². The number of hydroxylamine groups is 2. The van der Waals surface area contributed by atoms with E-state index < -0.39 is 11.4 Å². The Balaban J connectivity index is 1.72. The monoisotopic (exact) mass is 430 g/mol. The van der Waals surface area contributed by atoms with Gasteiger partial charge in [-0.2, -0.15) is 0 Å². The number of rotatable bonds is 6. The van der Waals surface area contributed by atoms with E-state index >= 15 is 0 Å². The summed E-state index contributed by atoms with van der Waals surface area (Å²) < 4.78 is 0. The lowest BCUT2D eigenvalue weighted by Gasteiger charge is -2.40. The van der Waals surface area contributed by atoms with Gasteiger partial charge in [0, 0.05) is 34.4 Å². The molecule has 164 valence electrons. The summed E-state index contributed by atoms with van der Waals surface area (Å²) in [4.78, 5) is 29.2. The number of aliphatic hydroxyl groups is 1.